The predicted octanol–water partition coefficient (Wildman–Crippen LogP) is 2.94. The second kappa shape index (κ2) is 7.29. The summed E-state index contributed by atoms with van der Waals surface area (Å²) in [7, 11) is 0. The molecule has 3 heteroatoms. The second-order valence-electron chi connectivity index (χ2n) is 4.88. The molecule has 1 heterocycles. The minimum Gasteiger partial charge on any atom is -0.493 e. The first-order valence-electron chi connectivity index (χ1n) is 7.13. The molecule has 0 saturated heterocycles. The van der Waals surface area contributed by atoms with Crippen LogP contribution in [0.2, 0.25) is 0 Å². The van der Waals surface area contributed by atoms with Crippen molar-refractivity contribution in [2.24, 2.45) is 0 Å². The van der Waals surface area contributed by atoms with Gasteiger partial charge in [-0.1, -0.05) is 12.1 Å². The molecular formula is C16H22O3. The molecule has 19 heavy (non-hydrogen) atoms. The van der Waals surface area contributed by atoms with Crippen molar-refractivity contribution in [3.05, 3.63) is 29.3 Å². The van der Waals surface area contributed by atoms with Crippen LogP contribution in [-0.2, 0) is 22.4 Å². The van der Waals surface area contributed by atoms with E-state index in [0.29, 0.717) is 25.2 Å². The number of hydrogen-bond donors (Lipinski definition) is 0. The van der Waals surface area contributed by atoms with Crippen molar-refractivity contribution >= 4 is 5.78 Å². The maximum atomic E-state index is 11.7. The molecule has 3 nitrogen and oxygen atoms in total. The molecule has 1 aromatic rings. The molecule has 0 radical (unpaired) electrons. The molecule has 0 amide bonds. The van der Waals surface area contributed by atoms with E-state index in [9.17, 15) is 4.79 Å². The molecule has 1 aliphatic heterocycles. The maximum absolute atomic E-state index is 11.7. The lowest BCUT2D eigenvalue weighted by Crippen LogP contribution is -2.03. The van der Waals surface area contributed by atoms with E-state index in [4.69, 9.17) is 9.47 Å². The SMILES string of the molecule is CCOCCCC(=O)CCc1ccc2c(c1)CCO2. The van der Waals surface area contributed by atoms with Crippen LogP contribution in [0, 0.1) is 0 Å². The number of carbonyl (C=O) groups is 1. The van der Waals surface area contributed by atoms with E-state index in [1.165, 1.54) is 11.1 Å². The summed E-state index contributed by atoms with van der Waals surface area (Å²) in [5.74, 6) is 1.34. The second-order valence-corrected chi connectivity index (χ2v) is 4.88. The standard InChI is InChI=1S/C16H22O3/c1-2-18-10-3-4-15(17)7-5-13-6-8-16-14(12-13)9-11-19-16/h6,8,12H,2-5,7,9-11H2,1H3. The van der Waals surface area contributed by atoms with Gasteiger partial charge in [0.1, 0.15) is 11.5 Å². The van der Waals surface area contributed by atoms with Crippen LogP contribution in [0.4, 0.5) is 0 Å². The van der Waals surface area contributed by atoms with E-state index in [1.54, 1.807) is 0 Å². The van der Waals surface area contributed by atoms with Crippen LogP contribution in [-0.4, -0.2) is 25.6 Å². The van der Waals surface area contributed by atoms with E-state index in [0.717, 1.165) is 38.2 Å². The Labute approximate surface area is 114 Å². The average molecular weight is 262 g/mol. The first-order valence-corrected chi connectivity index (χ1v) is 7.13. The van der Waals surface area contributed by atoms with Crippen LogP contribution in [0.1, 0.15) is 37.3 Å². The highest BCUT2D eigenvalue weighted by Gasteiger charge is 2.12. The zero-order chi connectivity index (χ0) is 13.5. The van der Waals surface area contributed by atoms with Gasteiger partial charge in [-0.25, -0.2) is 0 Å². The summed E-state index contributed by atoms with van der Waals surface area (Å²) in [5.41, 5.74) is 2.52. The van der Waals surface area contributed by atoms with Gasteiger partial charge in [-0.15, -0.1) is 0 Å². The zero-order valence-corrected chi connectivity index (χ0v) is 11.6. The van der Waals surface area contributed by atoms with Gasteiger partial charge in [0.2, 0.25) is 0 Å². The number of ether oxygens (including phenoxy) is 2. The number of fused-ring (bicyclic) bond motifs is 1. The molecule has 1 aliphatic rings. The topological polar surface area (TPSA) is 35.5 Å². The Bertz CT molecular complexity index is 426. The largest absolute Gasteiger partial charge is 0.493 e. The molecule has 0 spiro atoms. The molecule has 0 atom stereocenters. The third-order valence-corrected chi connectivity index (χ3v) is 3.39. The Hall–Kier alpha value is -1.35. The fourth-order valence-corrected chi connectivity index (χ4v) is 2.32. The monoisotopic (exact) mass is 262 g/mol. The smallest absolute Gasteiger partial charge is 0.133 e. The Morgan fingerprint density at radius 2 is 2.26 bits per heavy atom. The Morgan fingerprint density at radius 1 is 1.37 bits per heavy atom. The molecule has 0 saturated carbocycles. The summed E-state index contributed by atoms with van der Waals surface area (Å²) in [4.78, 5) is 11.7. The van der Waals surface area contributed by atoms with Crippen molar-refractivity contribution in [1.82, 2.24) is 0 Å². The molecular weight excluding hydrogens is 240 g/mol. The van der Waals surface area contributed by atoms with E-state index < -0.39 is 0 Å². The fraction of sp³-hybridized carbons (Fsp3) is 0.562. The number of carbonyl (C=O) groups excluding carboxylic acids is 1. The normalized spacial score (nSPS) is 13.1. The van der Waals surface area contributed by atoms with Crippen molar-refractivity contribution in [1.29, 1.82) is 0 Å². The lowest BCUT2D eigenvalue weighted by Gasteiger charge is -2.04. The van der Waals surface area contributed by atoms with Crippen molar-refractivity contribution < 1.29 is 14.3 Å². The van der Waals surface area contributed by atoms with E-state index >= 15 is 0 Å². The zero-order valence-electron chi connectivity index (χ0n) is 11.6. The Morgan fingerprint density at radius 3 is 3.11 bits per heavy atom. The van der Waals surface area contributed by atoms with Gasteiger partial charge in [0.15, 0.2) is 0 Å². The summed E-state index contributed by atoms with van der Waals surface area (Å²) in [6.07, 6.45) is 3.93. The van der Waals surface area contributed by atoms with Crippen LogP contribution in [0.3, 0.4) is 0 Å². The molecule has 0 unspecified atom stereocenters. The first kappa shape index (κ1) is 14.1. The van der Waals surface area contributed by atoms with Crippen molar-refractivity contribution in [3.8, 4) is 5.75 Å². The molecule has 104 valence electrons. The van der Waals surface area contributed by atoms with Gasteiger partial charge in [0, 0.05) is 32.5 Å². The van der Waals surface area contributed by atoms with E-state index in [1.807, 2.05) is 13.0 Å². The highest BCUT2D eigenvalue weighted by molar-refractivity contribution is 5.78. The lowest BCUT2D eigenvalue weighted by molar-refractivity contribution is -0.119. The third kappa shape index (κ3) is 4.35. The third-order valence-electron chi connectivity index (χ3n) is 3.39. The Kier molecular flexibility index (Phi) is 5.40. The maximum Gasteiger partial charge on any atom is 0.133 e. The Balaban J connectivity index is 1.71. The summed E-state index contributed by atoms with van der Waals surface area (Å²) in [5, 5.41) is 0. The van der Waals surface area contributed by atoms with E-state index in [2.05, 4.69) is 12.1 Å². The summed E-state index contributed by atoms with van der Waals surface area (Å²) in [6.45, 7) is 4.18. The number of benzene rings is 1. The quantitative estimate of drug-likeness (QED) is 0.676. The van der Waals surface area contributed by atoms with Gasteiger partial charge in [-0.2, -0.15) is 0 Å². The first-order chi connectivity index (χ1) is 9.29. The summed E-state index contributed by atoms with van der Waals surface area (Å²) >= 11 is 0. The van der Waals surface area contributed by atoms with Gasteiger partial charge in [-0.05, 0) is 37.0 Å². The molecule has 0 aliphatic carbocycles. The van der Waals surface area contributed by atoms with Crippen LogP contribution in [0.25, 0.3) is 0 Å². The molecule has 0 fully saturated rings. The molecule has 0 bridgehead atoms. The van der Waals surface area contributed by atoms with Crippen LogP contribution >= 0.6 is 0 Å². The fourth-order valence-electron chi connectivity index (χ4n) is 2.32. The van der Waals surface area contributed by atoms with Gasteiger partial charge in [0.05, 0.1) is 6.61 Å². The number of ketones is 1. The predicted molar refractivity (Wildman–Crippen MR) is 74.7 cm³/mol. The molecule has 2 rings (SSSR count). The average Bonchev–Trinajstić information content (AvgIpc) is 2.89. The molecule has 1 aromatic carbocycles. The number of Topliss-reactive ketones (excluding diaryl/α,β-unsaturated/α-hetero) is 1. The van der Waals surface area contributed by atoms with Gasteiger partial charge >= 0.3 is 0 Å². The van der Waals surface area contributed by atoms with Crippen molar-refractivity contribution in [2.45, 2.75) is 39.0 Å². The highest BCUT2D eigenvalue weighted by atomic mass is 16.5. The number of rotatable bonds is 8. The number of hydrogen-bond acceptors (Lipinski definition) is 3. The van der Waals surface area contributed by atoms with Crippen molar-refractivity contribution in [2.75, 3.05) is 19.8 Å². The van der Waals surface area contributed by atoms with E-state index in [-0.39, 0.29) is 0 Å². The van der Waals surface area contributed by atoms with Gasteiger partial charge in [0.25, 0.3) is 0 Å². The molecule has 0 N–H and O–H groups in total. The van der Waals surface area contributed by atoms with Gasteiger partial charge in [-0.3, -0.25) is 4.79 Å². The van der Waals surface area contributed by atoms with Crippen molar-refractivity contribution in [3.63, 3.8) is 0 Å². The van der Waals surface area contributed by atoms with Crippen LogP contribution < -0.4 is 4.74 Å². The minimum absolute atomic E-state index is 0.330. The minimum atomic E-state index is 0.330. The molecule has 0 aromatic heterocycles. The van der Waals surface area contributed by atoms with Gasteiger partial charge < -0.3 is 9.47 Å². The van der Waals surface area contributed by atoms with Crippen LogP contribution in [0.15, 0.2) is 18.2 Å². The summed E-state index contributed by atoms with van der Waals surface area (Å²) in [6, 6.07) is 6.27. The highest BCUT2D eigenvalue weighted by Crippen LogP contribution is 2.26. The van der Waals surface area contributed by atoms with Crippen LogP contribution in [0.5, 0.6) is 5.75 Å². The lowest BCUT2D eigenvalue weighted by atomic mass is 10.0. The number of aryl methyl sites for hydroxylation is 1. The summed E-state index contributed by atoms with van der Waals surface area (Å²) < 4.78 is 10.7.